The van der Waals surface area contributed by atoms with Crippen molar-refractivity contribution < 1.29 is 24.3 Å². The number of aromatic nitrogens is 1. The Morgan fingerprint density at radius 1 is 1.13 bits per heavy atom. The number of carbonyl (C=O) groups excluding carboxylic acids is 3. The number of piperidine rings is 1. The first kappa shape index (κ1) is 26.9. The van der Waals surface area contributed by atoms with E-state index in [0.29, 0.717) is 30.9 Å². The molecular weight excluding hydrogens is 486 g/mol. The summed E-state index contributed by atoms with van der Waals surface area (Å²) in [6.07, 6.45) is 0.565. The average Bonchev–Trinajstić information content (AvgIpc) is 2.92. The van der Waals surface area contributed by atoms with E-state index in [2.05, 4.69) is 10.3 Å². The van der Waals surface area contributed by atoms with Crippen LogP contribution in [0.3, 0.4) is 0 Å². The van der Waals surface area contributed by atoms with E-state index in [4.69, 9.17) is 9.94 Å². The number of urea groups is 1. The van der Waals surface area contributed by atoms with Gasteiger partial charge in [0, 0.05) is 55.8 Å². The second kappa shape index (κ2) is 11.9. The highest BCUT2D eigenvalue weighted by Crippen LogP contribution is 2.24. The summed E-state index contributed by atoms with van der Waals surface area (Å²) in [6.45, 7) is 3.05. The topological polar surface area (TPSA) is 124 Å². The van der Waals surface area contributed by atoms with Crippen molar-refractivity contribution >= 4 is 28.7 Å². The van der Waals surface area contributed by atoms with Crippen LogP contribution in [0.5, 0.6) is 5.75 Å². The molecule has 38 heavy (non-hydrogen) atoms. The van der Waals surface area contributed by atoms with Crippen molar-refractivity contribution in [1.29, 1.82) is 0 Å². The summed E-state index contributed by atoms with van der Waals surface area (Å²) in [6, 6.07) is 16.2. The largest absolute Gasteiger partial charge is 0.489 e. The molecule has 2 heterocycles. The molecule has 0 bridgehead atoms. The normalized spacial score (nSPS) is 17.1. The lowest BCUT2D eigenvalue weighted by Crippen LogP contribution is -2.56. The molecule has 3 N–H and O–H groups in total. The molecule has 0 aliphatic carbocycles. The molecule has 1 aliphatic rings. The van der Waals surface area contributed by atoms with Crippen molar-refractivity contribution in [1.82, 2.24) is 25.6 Å². The molecule has 4 rings (SSSR count). The van der Waals surface area contributed by atoms with Crippen LogP contribution in [0.25, 0.3) is 10.9 Å². The van der Waals surface area contributed by atoms with Gasteiger partial charge in [0.2, 0.25) is 5.91 Å². The molecule has 200 valence electrons. The maximum atomic E-state index is 13.1. The number of hydrogen-bond donors (Lipinski definition) is 3. The number of hydrogen-bond acceptors (Lipinski definition) is 6. The van der Waals surface area contributed by atoms with Crippen LogP contribution >= 0.6 is 0 Å². The molecule has 1 aromatic heterocycles. The predicted octanol–water partition coefficient (Wildman–Crippen LogP) is 3.12. The fourth-order valence-electron chi connectivity index (χ4n) is 4.78. The number of benzene rings is 2. The van der Waals surface area contributed by atoms with Crippen molar-refractivity contribution in [3.05, 3.63) is 71.4 Å². The Hall–Kier alpha value is -4.18. The number of pyridine rings is 1. The highest BCUT2D eigenvalue weighted by atomic mass is 16.5. The van der Waals surface area contributed by atoms with Gasteiger partial charge >= 0.3 is 6.03 Å². The van der Waals surface area contributed by atoms with E-state index in [1.807, 2.05) is 37.3 Å². The van der Waals surface area contributed by atoms with Gasteiger partial charge in [-0.2, -0.15) is 0 Å². The number of fused-ring (bicyclic) bond motifs is 1. The van der Waals surface area contributed by atoms with Crippen molar-refractivity contribution in [2.24, 2.45) is 5.92 Å². The third kappa shape index (κ3) is 6.38. The van der Waals surface area contributed by atoms with E-state index in [1.165, 1.54) is 4.90 Å². The standard InChI is InChI=1S/C28H33N5O5/c1-18-14-21(23-6-4-5-7-24(23)29-18)17-38-22-10-8-19(9-11-22)27(35)30-25-16-33(28(36)32(2)3)13-12-20(25)15-26(34)31-37/h4-11,14,20,25,37H,12-13,15-17H2,1-3H3,(H,30,35)(H,31,34)/t20-,25-/m0/s1. The van der Waals surface area contributed by atoms with Crippen LogP contribution in [0.4, 0.5) is 4.79 Å². The number of likely N-dealkylation sites (tertiary alicyclic amines) is 1. The van der Waals surface area contributed by atoms with Gasteiger partial charge in [0.25, 0.3) is 5.91 Å². The first-order valence-corrected chi connectivity index (χ1v) is 12.5. The lowest BCUT2D eigenvalue weighted by molar-refractivity contribution is -0.130. The number of aryl methyl sites for hydroxylation is 1. The highest BCUT2D eigenvalue weighted by Gasteiger charge is 2.34. The van der Waals surface area contributed by atoms with E-state index < -0.39 is 11.9 Å². The number of hydroxylamine groups is 1. The second-order valence-corrected chi connectivity index (χ2v) is 9.74. The van der Waals surface area contributed by atoms with Crippen LogP contribution in [-0.2, 0) is 11.4 Å². The summed E-state index contributed by atoms with van der Waals surface area (Å²) in [5, 5.41) is 13.0. The molecule has 1 aliphatic heterocycles. The fourth-order valence-corrected chi connectivity index (χ4v) is 4.78. The fraction of sp³-hybridized carbons (Fsp3) is 0.357. The molecule has 2 atom stereocenters. The van der Waals surface area contributed by atoms with Crippen LogP contribution in [0.1, 0.15) is 34.5 Å². The first-order chi connectivity index (χ1) is 18.2. The van der Waals surface area contributed by atoms with Gasteiger partial charge < -0.3 is 19.9 Å². The number of para-hydroxylation sites is 1. The van der Waals surface area contributed by atoms with Crippen molar-refractivity contribution in [2.75, 3.05) is 27.2 Å². The van der Waals surface area contributed by atoms with Gasteiger partial charge in [0.1, 0.15) is 12.4 Å². The second-order valence-electron chi connectivity index (χ2n) is 9.74. The monoisotopic (exact) mass is 519 g/mol. The van der Waals surface area contributed by atoms with Gasteiger partial charge in [-0.15, -0.1) is 0 Å². The van der Waals surface area contributed by atoms with Crippen LogP contribution in [0, 0.1) is 12.8 Å². The van der Waals surface area contributed by atoms with Crippen molar-refractivity contribution in [3.8, 4) is 5.75 Å². The molecule has 10 heteroatoms. The summed E-state index contributed by atoms with van der Waals surface area (Å²) in [5.41, 5.74) is 4.95. The van der Waals surface area contributed by atoms with Crippen LogP contribution in [-0.4, -0.2) is 71.1 Å². The molecule has 1 saturated heterocycles. The lowest BCUT2D eigenvalue weighted by Gasteiger charge is -2.39. The zero-order chi connectivity index (χ0) is 27.2. The molecule has 2 aromatic carbocycles. The zero-order valence-electron chi connectivity index (χ0n) is 21.8. The minimum atomic E-state index is -0.527. The third-order valence-electron chi connectivity index (χ3n) is 6.74. The van der Waals surface area contributed by atoms with Gasteiger partial charge in [-0.1, -0.05) is 18.2 Å². The first-order valence-electron chi connectivity index (χ1n) is 12.5. The average molecular weight is 520 g/mol. The van der Waals surface area contributed by atoms with Crippen LogP contribution < -0.4 is 15.5 Å². The number of nitrogens with one attached hydrogen (secondary N) is 2. The molecule has 10 nitrogen and oxygen atoms in total. The Kier molecular flexibility index (Phi) is 8.42. The molecule has 3 aromatic rings. The SMILES string of the molecule is Cc1cc(COc2ccc(C(=O)N[C@H]3CN(C(=O)N(C)C)CC[C@H]3CC(=O)NO)cc2)c2ccccc2n1. The van der Waals surface area contributed by atoms with E-state index in [-0.39, 0.29) is 30.8 Å². The highest BCUT2D eigenvalue weighted by molar-refractivity contribution is 5.94. The maximum Gasteiger partial charge on any atom is 0.319 e. The van der Waals surface area contributed by atoms with Gasteiger partial charge in [0.05, 0.1) is 11.6 Å². The van der Waals surface area contributed by atoms with Crippen LogP contribution in [0.15, 0.2) is 54.6 Å². The van der Waals surface area contributed by atoms with Gasteiger partial charge in [-0.3, -0.25) is 19.8 Å². The smallest absolute Gasteiger partial charge is 0.319 e. The molecular formula is C28H33N5O5. The summed E-state index contributed by atoms with van der Waals surface area (Å²) < 4.78 is 6.00. The molecule has 1 fully saturated rings. The van der Waals surface area contributed by atoms with Gasteiger partial charge in [0.15, 0.2) is 0 Å². The Labute approximate surface area is 221 Å². The molecule has 0 spiro atoms. The van der Waals surface area contributed by atoms with Gasteiger partial charge in [-0.25, -0.2) is 10.3 Å². The molecule has 0 radical (unpaired) electrons. The summed E-state index contributed by atoms with van der Waals surface area (Å²) in [5.74, 6) is -0.442. The Bertz CT molecular complexity index is 1310. The summed E-state index contributed by atoms with van der Waals surface area (Å²) >= 11 is 0. The van der Waals surface area contributed by atoms with Crippen LogP contribution in [0.2, 0.25) is 0 Å². The number of nitrogens with zero attached hydrogens (tertiary/aromatic N) is 3. The minimum Gasteiger partial charge on any atom is -0.489 e. The number of carbonyl (C=O) groups is 3. The quantitative estimate of drug-likeness (QED) is 0.326. The third-order valence-corrected chi connectivity index (χ3v) is 6.74. The Morgan fingerprint density at radius 2 is 1.87 bits per heavy atom. The van der Waals surface area contributed by atoms with E-state index in [9.17, 15) is 14.4 Å². The van der Waals surface area contributed by atoms with E-state index in [1.54, 1.807) is 48.7 Å². The summed E-state index contributed by atoms with van der Waals surface area (Å²) in [7, 11) is 3.34. The predicted molar refractivity (Wildman–Crippen MR) is 142 cm³/mol. The van der Waals surface area contributed by atoms with Gasteiger partial charge in [-0.05, 0) is 55.7 Å². The number of amides is 4. The lowest BCUT2D eigenvalue weighted by atomic mass is 9.88. The summed E-state index contributed by atoms with van der Waals surface area (Å²) in [4.78, 5) is 45.1. The minimum absolute atomic E-state index is 0.0430. The zero-order valence-corrected chi connectivity index (χ0v) is 21.8. The van der Waals surface area contributed by atoms with E-state index >= 15 is 0 Å². The maximum absolute atomic E-state index is 13.1. The Morgan fingerprint density at radius 3 is 2.58 bits per heavy atom. The van der Waals surface area contributed by atoms with Crippen molar-refractivity contribution in [3.63, 3.8) is 0 Å². The molecule has 0 saturated carbocycles. The molecule has 0 unspecified atom stereocenters. The Balaban J connectivity index is 1.42. The van der Waals surface area contributed by atoms with E-state index in [0.717, 1.165) is 22.2 Å². The molecule has 4 amide bonds. The number of ether oxygens (including phenoxy) is 1. The van der Waals surface area contributed by atoms with Crippen molar-refractivity contribution in [2.45, 2.75) is 32.4 Å². The number of rotatable bonds is 7.